The minimum Gasteiger partial charge on any atom is -0.352 e. The third kappa shape index (κ3) is 7.10. The van der Waals surface area contributed by atoms with Crippen LogP contribution in [0.3, 0.4) is 0 Å². The largest absolute Gasteiger partial charge is 0.352 e. The molecule has 1 aromatic carbocycles. The molecule has 0 aliphatic carbocycles. The maximum atomic E-state index is 11.7. The van der Waals surface area contributed by atoms with Gasteiger partial charge in [0.1, 0.15) is 0 Å². The van der Waals surface area contributed by atoms with Gasteiger partial charge in [0, 0.05) is 18.7 Å². The van der Waals surface area contributed by atoms with Gasteiger partial charge in [-0.3, -0.25) is 14.4 Å². The fourth-order valence-electron chi connectivity index (χ4n) is 1.71. The number of benzene rings is 1. The topological polar surface area (TPSA) is 87.3 Å². The smallest absolute Gasteiger partial charge is 0.239 e. The van der Waals surface area contributed by atoms with E-state index in [0.717, 1.165) is 5.56 Å². The normalized spacial score (nSPS) is 10.1. The number of nitrogens with one attached hydrogen (secondary N) is 3. The summed E-state index contributed by atoms with van der Waals surface area (Å²) in [7, 11) is 0. The van der Waals surface area contributed by atoms with E-state index in [4.69, 9.17) is 0 Å². The van der Waals surface area contributed by atoms with E-state index in [1.54, 1.807) is 24.3 Å². The molecule has 21 heavy (non-hydrogen) atoms. The molecule has 0 fully saturated rings. The number of carbonyl (C=O) groups excluding carboxylic acids is 3. The van der Waals surface area contributed by atoms with Crippen molar-refractivity contribution < 1.29 is 14.4 Å². The highest BCUT2D eigenvalue weighted by Gasteiger charge is 2.07. The van der Waals surface area contributed by atoms with Crippen molar-refractivity contribution in [3.05, 3.63) is 29.8 Å². The first-order valence-electron chi connectivity index (χ1n) is 6.79. The molecule has 0 heterocycles. The summed E-state index contributed by atoms with van der Waals surface area (Å²) in [5.41, 5.74) is 1.49. The maximum absolute atomic E-state index is 11.7. The monoisotopic (exact) mass is 291 g/mol. The zero-order chi connectivity index (χ0) is 15.8. The van der Waals surface area contributed by atoms with Crippen LogP contribution in [0, 0.1) is 0 Å². The molecule has 0 unspecified atom stereocenters. The summed E-state index contributed by atoms with van der Waals surface area (Å²) in [4.78, 5) is 34.0. The van der Waals surface area contributed by atoms with E-state index >= 15 is 0 Å². The zero-order valence-corrected chi connectivity index (χ0v) is 12.5. The van der Waals surface area contributed by atoms with Gasteiger partial charge in [-0.1, -0.05) is 12.1 Å². The molecule has 0 spiro atoms. The van der Waals surface area contributed by atoms with Gasteiger partial charge in [-0.15, -0.1) is 0 Å². The Morgan fingerprint density at radius 3 is 2.19 bits per heavy atom. The van der Waals surface area contributed by atoms with Crippen molar-refractivity contribution in [2.45, 2.75) is 33.2 Å². The van der Waals surface area contributed by atoms with Crippen LogP contribution in [0.1, 0.15) is 26.3 Å². The lowest BCUT2D eigenvalue weighted by molar-refractivity contribution is -0.126. The highest BCUT2D eigenvalue weighted by atomic mass is 16.2. The number of carbonyl (C=O) groups is 3. The molecule has 1 aromatic rings. The molecular weight excluding hydrogens is 270 g/mol. The first-order valence-corrected chi connectivity index (χ1v) is 6.79. The van der Waals surface area contributed by atoms with Crippen molar-refractivity contribution >= 4 is 23.4 Å². The van der Waals surface area contributed by atoms with Crippen molar-refractivity contribution in [3.8, 4) is 0 Å². The summed E-state index contributed by atoms with van der Waals surface area (Å²) in [5.74, 6) is -0.572. The second kappa shape index (κ2) is 8.04. The van der Waals surface area contributed by atoms with E-state index in [9.17, 15) is 14.4 Å². The van der Waals surface area contributed by atoms with Crippen LogP contribution >= 0.6 is 0 Å². The Kier molecular flexibility index (Phi) is 6.39. The Morgan fingerprint density at radius 1 is 1.05 bits per heavy atom. The van der Waals surface area contributed by atoms with Crippen molar-refractivity contribution in [3.63, 3.8) is 0 Å². The van der Waals surface area contributed by atoms with E-state index in [1.165, 1.54) is 6.92 Å². The third-order valence-corrected chi connectivity index (χ3v) is 2.53. The van der Waals surface area contributed by atoms with Gasteiger partial charge in [0.2, 0.25) is 17.7 Å². The summed E-state index contributed by atoms with van der Waals surface area (Å²) in [6.45, 7) is 5.12. The van der Waals surface area contributed by atoms with Crippen LogP contribution in [0.15, 0.2) is 24.3 Å². The molecule has 114 valence electrons. The SMILES string of the molecule is CC(=O)Nc1ccc(CC(=O)NCC(=O)NC(C)C)cc1. The van der Waals surface area contributed by atoms with Crippen molar-refractivity contribution in [2.24, 2.45) is 0 Å². The standard InChI is InChI=1S/C15H21N3O3/c1-10(2)17-15(21)9-16-14(20)8-12-4-6-13(7-5-12)18-11(3)19/h4-7,10H,8-9H2,1-3H3,(H,16,20)(H,17,21)(H,18,19). The van der Waals surface area contributed by atoms with Crippen LogP contribution in [0.2, 0.25) is 0 Å². The van der Waals surface area contributed by atoms with Crippen molar-refractivity contribution in [1.29, 1.82) is 0 Å². The molecule has 0 aliphatic heterocycles. The predicted octanol–water partition coefficient (Wildman–Crippen LogP) is 0.828. The molecule has 3 N–H and O–H groups in total. The molecule has 1 rings (SSSR count). The molecule has 6 nitrogen and oxygen atoms in total. The minimum atomic E-state index is -0.221. The van der Waals surface area contributed by atoms with Crippen LogP contribution < -0.4 is 16.0 Å². The lowest BCUT2D eigenvalue weighted by Gasteiger charge is -2.09. The summed E-state index contributed by atoms with van der Waals surface area (Å²) in [6, 6.07) is 7.04. The van der Waals surface area contributed by atoms with Gasteiger partial charge in [-0.05, 0) is 31.5 Å². The zero-order valence-electron chi connectivity index (χ0n) is 12.5. The lowest BCUT2D eigenvalue weighted by Crippen LogP contribution is -2.40. The Labute approximate surface area is 124 Å². The van der Waals surface area contributed by atoms with Crippen molar-refractivity contribution in [2.75, 3.05) is 11.9 Å². The summed E-state index contributed by atoms with van der Waals surface area (Å²) in [6.07, 6.45) is 0.190. The van der Waals surface area contributed by atoms with Crippen LogP contribution in [0.4, 0.5) is 5.69 Å². The van der Waals surface area contributed by atoms with E-state index in [1.807, 2.05) is 13.8 Å². The highest BCUT2D eigenvalue weighted by Crippen LogP contribution is 2.09. The Hall–Kier alpha value is -2.37. The summed E-state index contributed by atoms with van der Waals surface area (Å²) >= 11 is 0. The first kappa shape index (κ1) is 16.7. The van der Waals surface area contributed by atoms with E-state index in [0.29, 0.717) is 5.69 Å². The number of hydrogen-bond acceptors (Lipinski definition) is 3. The molecule has 0 atom stereocenters. The molecule has 6 heteroatoms. The van der Waals surface area contributed by atoms with Crippen LogP contribution in [-0.4, -0.2) is 30.3 Å². The molecule has 0 saturated carbocycles. The van der Waals surface area contributed by atoms with Gasteiger partial charge in [0.05, 0.1) is 13.0 Å². The van der Waals surface area contributed by atoms with Gasteiger partial charge >= 0.3 is 0 Å². The Balaban J connectivity index is 2.40. The number of anilines is 1. The average Bonchev–Trinajstić information content (AvgIpc) is 2.37. The average molecular weight is 291 g/mol. The Morgan fingerprint density at radius 2 is 1.67 bits per heavy atom. The van der Waals surface area contributed by atoms with E-state index in [-0.39, 0.29) is 36.7 Å². The maximum Gasteiger partial charge on any atom is 0.239 e. The lowest BCUT2D eigenvalue weighted by atomic mass is 10.1. The third-order valence-electron chi connectivity index (χ3n) is 2.53. The quantitative estimate of drug-likeness (QED) is 0.725. The Bertz CT molecular complexity index is 509. The van der Waals surface area contributed by atoms with E-state index in [2.05, 4.69) is 16.0 Å². The highest BCUT2D eigenvalue weighted by molar-refractivity contribution is 5.89. The summed E-state index contributed by atoms with van der Waals surface area (Å²) in [5, 5.41) is 7.91. The van der Waals surface area contributed by atoms with E-state index < -0.39 is 0 Å². The van der Waals surface area contributed by atoms with Crippen LogP contribution in [0.5, 0.6) is 0 Å². The molecule has 0 bridgehead atoms. The first-order chi connectivity index (χ1) is 9.86. The van der Waals surface area contributed by atoms with Gasteiger partial charge < -0.3 is 16.0 Å². The van der Waals surface area contributed by atoms with Gasteiger partial charge in [0.15, 0.2) is 0 Å². The molecule has 0 saturated heterocycles. The van der Waals surface area contributed by atoms with Crippen molar-refractivity contribution in [1.82, 2.24) is 10.6 Å². The minimum absolute atomic E-state index is 0.0268. The fraction of sp³-hybridized carbons (Fsp3) is 0.400. The predicted molar refractivity (Wildman–Crippen MR) is 80.7 cm³/mol. The van der Waals surface area contributed by atoms with Crippen LogP contribution in [0.25, 0.3) is 0 Å². The molecule has 0 aromatic heterocycles. The second-order valence-electron chi connectivity index (χ2n) is 5.05. The van der Waals surface area contributed by atoms with Gasteiger partial charge in [-0.25, -0.2) is 0 Å². The fourth-order valence-corrected chi connectivity index (χ4v) is 1.71. The molecular formula is C15H21N3O3. The molecule has 0 radical (unpaired) electrons. The van der Waals surface area contributed by atoms with Gasteiger partial charge in [-0.2, -0.15) is 0 Å². The summed E-state index contributed by atoms with van der Waals surface area (Å²) < 4.78 is 0. The number of rotatable bonds is 6. The van der Waals surface area contributed by atoms with Gasteiger partial charge in [0.25, 0.3) is 0 Å². The molecule has 0 aliphatic rings. The number of hydrogen-bond donors (Lipinski definition) is 3. The second-order valence-corrected chi connectivity index (χ2v) is 5.05. The van der Waals surface area contributed by atoms with Crippen LogP contribution in [-0.2, 0) is 20.8 Å². The molecule has 3 amide bonds. The number of amides is 3.